The van der Waals surface area contributed by atoms with Gasteiger partial charge in [-0.3, -0.25) is 0 Å². The lowest BCUT2D eigenvalue weighted by atomic mass is 10.2. The van der Waals surface area contributed by atoms with Crippen molar-refractivity contribution >= 4 is 0 Å². The van der Waals surface area contributed by atoms with Crippen LogP contribution in [0.3, 0.4) is 0 Å². The maximum atomic E-state index is 12.6. The summed E-state index contributed by atoms with van der Waals surface area (Å²) in [5.74, 6) is -0.157. The Hall–Kier alpha value is -1.81. The molecule has 1 aromatic heterocycles. The highest BCUT2D eigenvalue weighted by Gasteiger charge is 2.33. The molecule has 1 fully saturated rings. The normalized spacial score (nSPS) is 19.6. The highest BCUT2D eigenvalue weighted by Crippen LogP contribution is 2.30. The van der Waals surface area contributed by atoms with E-state index < -0.39 is 11.9 Å². The number of aromatic nitrogens is 1. The third kappa shape index (κ3) is 2.90. The van der Waals surface area contributed by atoms with Crippen molar-refractivity contribution in [3.8, 4) is 11.9 Å². The number of ether oxygens (including phenoxy) is 1. The Kier molecular flexibility index (Phi) is 3.39. The first-order valence-electron chi connectivity index (χ1n) is 5.36. The number of rotatable bonds is 2. The largest absolute Gasteiger partial charge is 0.473 e. The van der Waals surface area contributed by atoms with E-state index in [1.54, 1.807) is 6.07 Å². The Labute approximate surface area is 101 Å². The minimum Gasteiger partial charge on any atom is -0.473 e. The molecule has 96 valence electrons. The van der Waals surface area contributed by atoms with Crippen LogP contribution in [0.1, 0.15) is 17.7 Å². The molecule has 18 heavy (non-hydrogen) atoms. The molecular weight excluding hydrogens is 247 g/mol. The molecule has 2 heterocycles. The molecule has 1 aliphatic heterocycles. The van der Waals surface area contributed by atoms with Crippen LogP contribution in [0.15, 0.2) is 12.1 Å². The summed E-state index contributed by atoms with van der Waals surface area (Å²) in [6, 6.07) is 3.59. The molecule has 0 saturated carbocycles. The summed E-state index contributed by atoms with van der Waals surface area (Å²) < 4.78 is 43.0. The van der Waals surface area contributed by atoms with Crippen molar-refractivity contribution in [1.29, 1.82) is 5.26 Å². The fourth-order valence-electron chi connectivity index (χ4n) is 1.67. The molecule has 2 rings (SSSR count). The molecular formula is C11H10F3N3O. The number of halogens is 3. The zero-order valence-corrected chi connectivity index (χ0v) is 9.29. The minimum absolute atomic E-state index is 0.113. The summed E-state index contributed by atoms with van der Waals surface area (Å²) >= 11 is 0. The van der Waals surface area contributed by atoms with Crippen LogP contribution in [0.4, 0.5) is 13.2 Å². The zero-order valence-electron chi connectivity index (χ0n) is 9.29. The van der Waals surface area contributed by atoms with Gasteiger partial charge in [-0.1, -0.05) is 0 Å². The lowest BCUT2D eigenvalue weighted by Crippen LogP contribution is -2.21. The van der Waals surface area contributed by atoms with Gasteiger partial charge in [0.05, 0.1) is 11.6 Å². The third-order valence-electron chi connectivity index (χ3n) is 2.52. The van der Waals surface area contributed by atoms with Crippen LogP contribution >= 0.6 is 0 Å². The lowest BCUT2D eigenvalue weighted by Gasteiger charge is -2.13. The molecule has 0 aromatic carbocycles. The summed E-state index contributed by atoms with van der Waals surface area (Å²) in [6.45, 7) is 1.33. The fourth-order valence-corrected chi connectivity index (χ4v) is 1.67. The number of nitrogens with one attached hydrogen (secondary N) is 1. The van der Waals surface area contributed by atoms with Gasteiger partial charge in [-0.05, 0) is 19.0 Å². The fraction of sp³-hybridized carbons (Fsp3) is 0.455. The van der Waals surface area contributed by atoms with Gasteiger partial charge in [0.25, 0.3) is 0 Å². The first-order chi connectivity index (χ1) is 8.49. The van der Waals surface area contributed by atoms with Crippen LogP contribution in [0, 0.1) is 11.3 Å². The topological polar surface area (TPSA) is 57.9 Å². The molecule has 0 amide bonds. The monoisotopic (exact) mass is 257 g/mol. The predicted octanol–water partition coefficient (Wildman–Crippen LogP) is 1.71. The second-order valence-electron chi connectivity index (χ2n) is 3.92. The third-order valence-corrected chi connectivity index (χ3v) is 2.52. The molecule has 0 bridgehead atoms. The first-order valence-corrected chi connectivity index (χ1v) is 5.36. The van der Waals surface area contributed by atoms with E-state index in [-0.39, 0.29) is 17.5 Å². The Morgan fingerprint density at radius 2 is 2.22 bits per heavy atom. The Morgan fingerprint density at radius 1 is 1.44 bits per heavy atom. The van der Waals surface area contributed by atoms with E-state index in [2.05, 4.69) is 10.3 Å². The van der Waals surface area contributed by atoms with Crippen molar-refractivity contribution in [3.63, 3.8) is 0 Å². The number of pyridine rings is 1. The van der Waals surface area contributed by atoms with Gasteiger partial charge in [-0.2, -0.15) is 18.4 Å². The molecule has 1 aliphatic rings. The second kappa shape index (κ2) is 4.82. The standard InChI is InChI=1S/C11H10F3N3O/c12-11(13,14)9-3-7(5-15)4-10(17-9)18-8-1-2-16-6-8/h3-4,8,16H,1-2,6H2/t8-/m0/s1. The molecule has 7 heteroatoms. The molecule has 0 unspecified atom stereocenters. The van der Waals surface area contributed by atoms with Crippen LogP contribution in [0.5, 0.6) is 5.88 Å². The summed E-state index contributed by atoms with van der Waals surface area (Å²) in [5.41, 5.74) is -1.22. The summed E-state index contributed by atoms with van der Waals surface area (Å²) in [7, 11) is 0. The van der Waals surface area contributed by atoms with Gasteiger partial charge in [0.15, 0.2) is 0 Å². The van der Waals surface area contributed by atoms with Gasteiger partial charge in [0, 0.05) is 12.6 Å². The van der Waals surface area contributed by atoms with Gasteiger partial charge < -0.3 is 10.1 Å². The zero-order chi connectivity index (χ0) is 13.2. The Bertz CT molecular complexity index is 475. The van der Waals surface area contributed by atoms with E-state index in [1.807, 2.05) is 0 Å². The summed E-state index contributed by atoms with van der Waals surface area (Å²) in [4.78, 5) is 3.39. The van der Waals surface area contributed by atoms with Crippen molar-refractivity contribution in [1.82, 2.24) is 10.3 Å². The molecule has 0 aliphatic carbocycles. The van der Waals surface area contributed by atoms with Crippen LogP contribution in [0.2, 0.25) is 0 Å². The van der Waals surface area contributed by atoms with Crippen LogP contribution in [-0.2, 0) is 6.18 Å². The maximum Gasteiger partial charge on any atom is 0.433 e. The van der Waals surface area contributed by atoms with Crippen molar-refractivity contribution < 1.29 is 17.9 Å². The molecule has 1 aromatic rings. The van der Waals surface area contributed by atoms with Gasteiger partial charge in [-0.15, -0.1) is 0 Å². The average Bonchev–Trinajstić information content (AvgIpc) is 2.80. The second-order valence-corrected chi connectivity index (χ2v) is 3.92. The molecule has 1 atom stereocenters. The van der Waals surface area contributed by atoms with E-state index in [4.69, 9.17) is 10.00 Å². The van der Waals surface area contributed by atoms with E-state index >= 15 is 0 Å². The van der Waals surface area contributed by atoms with Crippen molar-refractivity contribution in [2.45, 2.75) is 18.7 Å². The molecule has 4 nitrogen and oxygen atoms in total. The SMILES string of the molecule is N#Cc1cc(O[C@H]2CCNC2)nc(C(F)(F)F)c1. The quantitative estimate of drug-likeness (QED) is 0.876. The summed E-state index contributed by atoms with van der Waals surface area (Å²) in [6.07, 6.45) is -4.08. The molecule has 1 N–H and O–H groups in total. The Morgan fingerprint density at radius 3 is 2.78 bits per heavy atom. The van der Waals surface area contributed by atoms with E-state index in [0.29, 0.717) is 19.0 Å². The van der Waals surface area contributed by atoms with Gasteiger partial charge in [0.1, 0.15) is 11.8 Å². The van der Waals surface area contributed by atoms with Crippen molar-refractivity contribution in [3.05, 3.63) is 23.4 Å². The smallest absolute Gasteiger partial charge is 0.433 e. The maximum absolute atomic E-state index is 12.6. The number of hydrogen-bond donors (Lipinski definition) is 1. The highest BCUT2D eigenvalue weighted by atomic mass is 19.4. The number of nitrogens with zero attached hydrogens (tertiary/aromatic N) is 2. The molecule has 1 saturated heterocycles. The summed E-state index contributed by atoms with van der Waals surface area (Å²) in [5, 5.41) is 11.7. The lowest BCUT2D eigenvalue weighted by molar-refractivity contribution is -0.141. The average molecular weight is 257 g/mol. The predicted molar refractivity (Wildman–Crippen MR) is 55.9 cm³/mol. The first kappa shape index (κ1) is 12.6. The van der Waals surface area contributed by atoms with Crippen LogP contribution < -0.4 is 10.1 Å². The van der Waals surface area contributed by atoms with E-state index in [0.717, 1.165) is 6.54 Å². The van der Waals surface area contributed by atoms with E-state index in [9.17, 15) is 13.2 Å². The molecule has 0 spiro atoms. The van der Waals surface area contributed by atoms with Gasteiger partial charge in [-0.25, -0.2) is 4.98 Å². The van der Waals surface area contributed by atoms with Crippen LogP contribution in [0.25, 0.3) is 0 Å². The van der Waals surface area contributed by atoms with Crippen molar-refractivity contribution in [2.24, 2.45) is 0 Å². The number of hydrogen-bond acceptors (Lipinski definition) is 4. The Balaban J connectivity index is 2.26. The van der Waals surface area contributed by atoms with E-state index in [1.165, 1.54) is 6.07 Å². The van der Waals surface area contributed by atoms with Gasteiger partial charge >= 0.3 is 6.18 Å². The minimum atomic E-state index is -4.58. The van der Waals surface area contributed by atoms with Gasteiger partial charge in [0.2, 0.25) is 5.88 Å². The van der Waals surface area contributed by atoms with Crippen molar-refractivity contribution in [2.75, 3.05) is 13.1 Å². The number of nitriles is 1. The molecule has 0 radical (unpaired) electrons. The number of alkyl halides is 3. The van der Waals surface area contributed by atoms with Crippen LogP contribution in [-0.4, -0.2) is 24.2 Å². The highest BCUT2D eigenvalue weighted by molar-refractivity contribution is 5.35.